The van der Waals surface area contributed by atoms with E-state index in [-0.39, 0.29) is 11.8 Å². The standard InChI is InChI=1S/C16H14Cl2N2O3/c17-7-11(21)8-19-10-2-4-14-12(6-10)16(22)20-13-5-9(18)1-3-15(13)23-14/h1-6,11,19,21H,7-8H2,(H,20,22). The summed E-state index contributed by atoms with van der Waals surface area (Å²) in [5.41, 5.74) is 1.60. The SMILES string of the molecule is O=C1Nc2cc(Cl)ccc2Oc2ccc(NCC(O)CCl)cc21. The van der Waals surface area contributed by atoms with Crippen LogP contribution in [0.1, 0.15) is 10.4 Å². The Hall–Kier alpha value is -1.95. The Bertz CT molecular complexity index is 752. The topological polar surface area (TPSA) is 70.6 Å². The molecule has 0 spiro atoms. The summed E-state index contributed by atoms with van der Waals surface area (Å²) in [6, 6.07) is 10.2. The third-order valence-corrected chi connectivity index (χ3v) is 3.95. The van der Waals surface area contributed by atoms with Crippen LogP contribution < -0.4 is 15.4 Å². The number of aliphatic hydroxyl groups is 1. The molecule has 1 aliphatic rings. The monoisotopic (exact) mass is 352 g/mol. The number of ether oxygens (including phenoxy) is 1. The molecule has 3 N–H and O–H groups in total. The van der Waals surface area contributed by atoms with Crippen LogP contribution in [0.3, 0.4) is 0 Å². The molecule has 3 rings (SSSR count). The summed E-state index contributed by atoms with van der Waals surface area (Å²) in [4.78, 5) is 12.4. The number of alkyl halides is 1. The fourth-order valence-corrected chi connectivity index (χ4v) is 2.47. The zero-order valence-corrected chi connectivity index (χ0v) is 13.5. The maximum absolute atomic E-state index is 12.4. The highest BCUT2D eigenvalue weighted by Gasteiger charge is 2.21. The summed E-state index contributed by atoms with van der Waals surface area (Å²) in [5, 5.41) is 15.8. The molecule has 1 amide bonds. The van der Waals surface area contributed by atoms with E-state index in [2.05, 4.69) is 10.6 Å². The molecule has 23 heavy (non-hydrogen) atoms. The fourth-order valence-electron chi connectivity index (χ4n) is 2.19. The smallest absolute Gasteiger partial charge is 0.259 e. The van der Waals surface area contributed by atoms with Crippen molar-refractivity contribution in [2.24, 2.45) is 0 Å². The fraction of sp³-hybridized carbons (Fsp3) is 0.188. The van der Waals surface area contributed by atoms with Crippen molar-refractivity contribution in [2.75, 3.05) is 23.1 Å². The van der Waals surface area contributed by atoms with Crippen molar-refractivity contribution in [3.63, 3.8) is 0 Å². The Labute approximate surface area is 143 Å². The maximum Gasteiger partial charge on any atom is 0.259 e. The molecule has 0 fully saturated rings. The number of rotatable bonds is 4. The maximum atomic E-state index is 12.4. The molecule has 0 aliphatic carbocycles. The van der Waals surface area contributed by atoms with Gasteiger partial charge in [-0.2, -0.15) is 0 Å². The largest absolute Gasteiger partial charge is 0.454 e. The number of amides is 1. The minimum absolute atomic E-state index is 0.137. The summed E-state index contributed by atoms with van der Waals surface area (Å²) in [5.74, 6) is 0.826. The lowest BCUT2D eigenvalue weighted by atomic mass is 10.1. The van der Waals surface area contributed by atoms with Crippen LogP contribution in [0, 0.1) is 0 Å². The van der Waals surface area contributed by atoms with Gasteiger partial charge >= 0.3 is 0 Å². The lowest BCUT2D eigenvalue weighted by molar-refractivity contribution is 0.102. The van der Waals surface area contributed by atoms with E-state index in [1.807, 2.05) is 0 Å². The van der Waals surface area contributed by atoms with E-state index < -0.39 is 6.10 Å². The first-order valence-electron chi connectivity index (χ1n) is 6.97. The van der Waals surface area contributed by atoms with E-state index in [4.69, 9.17) is 27.9 Å². The van der Waals surface area contributed by atoms with Gasteiger partial charge in [-0.15, -0.1) is 11.6 Å². The molecule has 1 heterocycles. The number of hydrogen-bond acceptors (Lipinski definition) is 4. The molecule has 2 aromatic rings. The second-order valence-corrected chi connectivity index (χ2v) is 5.84. The van der Waals surface area contributed by atoms with Gasteiger partial charge < -0.3 is 20.5 Å². The number of nitrogens with one attached hydrogen (secondary N) is 2. The first kappa shape index (κ1) is 15.9. The van der Waals surface area contributed by atoms with Crippen LogP contribution in [0.5, 0.6) is 11.5 Å². The van der Waals surface area contributed by atoms with E-state index in [9.17, 15) is 9.90 Å². The third-order valence-electron chi connectivity index (χ3n) is 3.35. The van der Waals surface area contributed by atoms with Crippen LogP contribution in [-0.2, 0) is 0 Å². The van der Waals surface area contributed by atoms with Crippen LogP contribution in [0.25, 0.3) is 0 Å². The average Bonchev–Trinajstić information content (AvgIpc) is 2.68. The zero-order valence-electron chi connectivity index (χ0n) is 12.0. The predicted molar refractivity (Wildman–Crippen MR) is 91.1 cm³/mol. The quantitative estimate of drug-likeness (QED) is 0.733. The van der Waals surface area contributed by atoms with Crippen LogP contribution >= 0.6 is 23.2 Å². The highest BCUT2D eigenvalue weighted by molar-refractivity contribution is 6.31. The molecule has 120 valence electrons. The van der Waals surface area contributed by atoms with Crippen LogP contribution in [0.2, 0.25) is 5.02 Å². The first-order valence-corrected chi connectivity index (χ1v) is 7.89. The van der Waals surface area contributed by atoms with E-state index in [1.54, 1.807) is 36.4 Å². The molecule has 0 aromatic heterocycles. The molecule has 1 atom stereocenters. The molecule has 0 radical (unpaired) electrons. The minimum atomic E-state index is -0.660. The van der Waals surface area contributed by atoms with Crippen LogP contribution in [0.4, 0.5) is 11.4 Å². The molecular formula is C16H14Cl2N2O3. The normalized spacial score (nSPS) is 14.0. The average molecular weight is 353 g/mol. The van der Waals surface area contributed by atoms with Gasteiger partial charge in [0.25, 0.3) is 5.91 Å². The Morgan fingerprint density at radius 2 is 2.00 bits per heavy atom. The highest BCUT2D eigenvalue weighted by atomic mass is 35.5. The van der Waals surface area contributed by atoms with E-state index in [1.165, 1.54) is 0 Å². The van der Waals surface area contributed by atoms with Crippen molar-refractivity contribution in [3.05, 3.63) is 47.0 Å². The Morgan fingerprint density at radius 3 is 2.78 bits per heavy atom. The van der Waals surface area contributed by atoms with Crippen molar-refractivity contribution in [3.8, 4) is 11.5 Å². The predicted octanol–water partition coefficient (Wildman–Crippen LogP) is 3.71. The molecule has 5 nitrogen and oxygen atoms in total. The molecule has 0 bridgehead atoms. The molecule has 7 heteroatoms. The first-order chi connectivity index (χ1) is 11.1. The number of carbonyl (C=O) groups excluding carboxylic acids is 1. The lowest BCUT2D eigenvalue weighted by Crippen LogP contribution is -2.21. The summed E-state index contributed by atoms with van der Waals surface area (Å²) in [7, 11) is 0. The zero-order chi connectivity index (χ0) is 16.4. The summed E-state index contributed by atoms with van der Waals surface area (Å²) in [6.45, 7) is 0.292. The Kier molecular flexibility index (Phi) is 4.61. The van der Waals surface area contributed by atoms with Gasteiger partial charge in [0, 0.05) is 17.3 Å². The number of halogens is 2. The van der Waals surface area contributed by atoms with Gasteiger partial charge in [-0.05, 0) is 36.4 Å². The Balaban J connectivity index is 1.88. The molecule has 0 saturated heterocycles. The van der Waals surface area contributed by atoms with Gasteiger partial charge in [0.1, 0.15) is 5.75 Å². The number of carbonyl (C=O) groups is 1. The van der Waals surface area contributed by atoms with Crippen molar-refractivity contribution < 1.29 is 14.6 Å². The number of aliphatic hydroxyl groups excluding tert-OH is 1. The molecular weight excluding hydrogens is 339 g/mol. The second-order valence-electron chi connectivity index (χ2n) is 5.10. The Morgan fingerprint density at radius 1 is 1.22 bits per heavy atom. The van der Waals surface area contributed by atoms with Gasteiger partial charge in [0.15, 0.2) is 5.75 Å². The van der Waals surface area contributed by atoms with Crippen molar-refractivity contribution in [2.45, 2.75) is 6.10 Å². The number of anilines is 2. The number of fused-ring (bicyclic) bond motifs is 2. The van der Waals surface area contributed by atoms with E-state index >= 15 is 0 Å². The van der Waals surface area contributed by atoms with Gasteiger partial charge in [0.05, 0.1) is 23.2 Å². The summed E-state index contributed by atoms with van der Waals surface area (Å²) < 4.78 is 5.79. The molecule has 1 aliphatic heterocycles. The second kappa shape index (κ2) is 6.66. The minimum Gasteiger partial charge on any atom is -0.454 e. The number of hydrogen-bond donors (Lipinski definition) is 3. The molecule has 0 saturated carbocycles. The van der Waals surface area contributed by atoms with Gasteiger partial charge in [-0.3, -0.25) is 4.79 Å². The summed E-state index contributed by atoms with van der Waals surface area (Å²) >= 11 is 11.5. The molecule has 1 unspecified atom stereocenters. The van der Waals surface area contributed by atoms with Gasteiger partial charge in [0.2, 0.25) is 0 Å². The van der Waals surface area contributed by atoms with Crippen molar-refractivity contribution in [1.29, 1.82) is 0 Å². The van der Waals surface area contributed by atoms with Crippen LogP contribution in [-0.4, -0.2) is 29.5 Å². The third kappa shape index (κ3) is 3.52. The van der Waals surface area contributed by atoms with Crippen molar-refractivity contribution >= 4 is 40.5 Å². The number of benzene rings is 2. The van der Waals surface area contributed by atoms with Gasteiger partial charge in [-0.25, -0.2) is 0 Å². The summed E-state index contributed by atoms with van der Waals surface area (Å²) in [6.07, 6.45) is -0.660. The highest BCUT2D eigenvalue weighted by Crippen LogP contribution is 2.37. The van der Waals surface area contributed by atoms with Crippen LogP contribution in [0.15, 0.2) is 36.4 Å². The van der Waals surface area contributed by atoms with Gasteiger partial charge in [-0.1, -0.05) is 11.6 Å². The van der Waals surface area contributed by atoms with E-state index in [0.717, 1.165) is 0 Å². The molecule has 2 aromatic carbocycles. The lowest BCUT2D eigenvalue weighted by Gasteiger charge is -2.12. The van der Waals surface area contributed by atoms with E-state index in [0.29, 0.717) is 40.0 Å². The van der Waals surface area contributed by atoms with Crippen molar-refractivity contribution in [1.82, 2.24) is 0 Å².